The molecule has 0 amide bonds. The number of benzene rings is 1. The van der Waals surface area contributed by atoms with Crippen LogP contribution in [0, 0.1) is 21.8 Å². The van der Waals surface area contributed by atoms with Crippen molar-refractivity contribution in [1.82, 2.24) is 0 Å². The lowest BCUT2D eigenvalue weighted by atomic mass is 9.84. The van der Waals surface area contributed by atoms with Crippen molar-refractivity contribution in [3.05, 3.63) is 34.1 Å². The molecule has 0 radical (unpaired) electrons. The predicted molar refractivity (Wildman–Crippen MR) is 70.0 cm³/mol. The summed E-state index contributed by atoms with van der Waals surface area (Å²) in [4.78, 5) is 9.83. The van der Waals surface area contributed by atoms with Crippen molar-refractivity contribution in [3.8, 4) is 5.75 Å². The Bertz CT molecular complexity index is 526. The molecule has 21 heavy (non-hydrogen) atoms. The zero-order valence-corrected chi connectivity index (χ0v) is 11.5. The summed E-state index contributed by atoms with van der Waals surface area (Å²) >= 11 is 0. The first-order chi connectivity index (χ1) is 9.78. The standard InChI is InChI=1S/C14H16F3NO3/c1-9(10-4-6-14(16,17)7-5-10)21-13-3-2-11(18(19)20)8-12(13)15/h2-3,8-10H,4-7H2,1H3. The highest BCUT2D eigenvalue weighted by atomic mass is 19.3. The zero-order chi connectivity index (χ0) is 15.6. The van der Waals surface area contributed by atoms with E-state index in [0.29, 0.717) is 12.8 Å². The number of nitro benzene ring substituents is 1. The topological polar surface area (TPSA) is 52.4 Å². The van der Waals surface area contributed by atoms with Gasteiger partial charge in [0.15, 0.2) is 11.6 Å². The predicted octanol–water partition coefficient (Wildman–Crippen LogP) is 4.33. The van der Waals surface area contributed by atoms with Gasteiger partial charge in [0.2, 0.25) is 5.92 Å². The summed E-state index contributed by atoms with van der Waals surface area (Å²) < 4.78 is 45.3. The van der Waals surface area contributed by atoms with Crippen LogP contribution in [0.3, 0.4) is 0 Å². The second kappa shape index (κ2) is 5.91. The van der Waals surface area contributed by atoms with Crippen LogP contribution in [0.15, 0.2) is 18.2 Å². The Balaban J connectivity index is 2.00. The van der Waals surface area contributed by atoms with Gasteiger partial charge in [-0.3, -0.25) is 10.1 Å². The lowest BCUT2D eigenvalue weighted by molar-refractivity contribution is -0.385. The Morgan fingerprint density at radius 3 is 2.52 bits per heavy atom. The SMILES string of the molecule is CC(Oc1ccc([N+](=O)[O-])cc1F)C1CCC(F)(F)CC1. The average molecular weight is 303 g/mol. The largest absolute Gasteiger partial charge is 0.487 e. The lowest BCUT2D eigenvalue weighted by Crippen LogP contribution is -2.32. The Morgan fingerprint density at radius 1 is 1.38 bits per heavy atom. The van der Waals surface area contributed by atoms with Crippen molar-refractivity contribution in [2.75, 3.05) is 0 Å². The number of non-ortho nitro benzene ring substituents is 1. The summed E-state index contributed by atoms with van der Waals surface area (Å²) in [5, 5.41) is 10.5. The van der Waals surface area contributed by atoms with Crippen LogP contribution in [0.5, 0.6) is 5.75 Å². The van der Waals surface area contributed by atoms with Gasteiger partial charge in [0, 0.05) is 18.9 Å². The molecule has 1 aliphatic rings. The first-order valence-electron chi connectivity index (χ1n) is 6.77. The summed E-state index contributed by atoms with van der Waals surface area (Å²) in [6, 6.07) is 3.14. The molecule has 1 aromatic rings. The summed E-state index contributed by atoms with van der Waals surface area (Å²) in [5.41, 5.74) is -0.357. The van der Waals surface area contributed by atoms with E-state index in [0.717, 1.165) is 12.1 Å². The van der Waals surface area contributed by atoms with E-state index in [9.17, 15) is 23.3 Å². The van der Waals surface area contributed by atoms with Crippen LogP contribution in [-0.2, 0) is 0 Å². The van der Waals surface area contributed by atoms with Crippen molar-refractivity contribution in [2.45, 2.75) is 44.6 Å². The quantitative estimate of drug-likeness (QED) is 0.614. The number of ether oxygens (including phenoxy) is 1. The average Bonchev–Trinajstić information content (AvgIpc) is 2.40. The third-order valence-corrected chi connectivity index (χ3v) is 3.86. The second-order valence-electron chi connectivity index (χ2n) is 5.39. The van der Waals surface area contributed by atoms with Crippen molar-refractivity contribution in [1.29, 1.82) is 0 Å². The van der Waals surface area contributed by atoms with Gasteiger partial charge in [-0.1, -0.05) is 0 Å². The summed E-state index contributed by atoms with van der Waals surface area (Å²) in [6.45, 7) is 1.70. The number of hydrogen-bond acceptors (Lipinski definition) is 3. The normalized spacial score (nSPS) is 20.0. The van der Waals surface area contributed by atoms with Gasteiger partial charge < -0.3 is 4.74 Å². The van der Waals surface area contributed by atoms with Crippen LogP contribution < -0.4 is 4.74 Å². The number of alkyl halides is 2. The van der Waals surface area contributed by atoms with Crippen LogP contribution >= 0.6 is 0 Å². The summed E-state index contributed by atoms with van der Waals surface area (Å²) in [5.74, 6) is -3.60. The Kier molecular flexibility index (Phi) is 4.39. The van der Waals surface area contributed by atoms with Gasteiger partial charge in [-0.15, -0.1) is 0 Å². The van der Waals surface area contributed by atoms with Crippen molar-refractivity contribution in [2.24, 2.45) is 5.92 Å². The molecule has 0 heterocycles. The van der Waals surface area contributed by atoms with E-state index in [-0.39, 0.29) is 30.2 Å². The first kappa shape index (κ1) is 15.6. The molecule has 1 aliphatic carbocycles. The Morgan fingerprint density at radius 2 is 2.00 bits per heavy atom. The number of nitro groups is 1. The molecule has 0 aliphatic heterocycles. The molecular formula is C14H16F3NO3. The number of hydrogen-bond donors (Lipinski definition) is 0. The molecule has 0 spiro atoms. The molecule has 0 saturated heterocycles. The van der Waals surface area contributed by atoms with Crippen LogP contribution in [0.1, 0.15) is 32.6 Å². The third kappa shape index (κ3) is 3.86. The van der Waals surface area contributed by atoms with Crippen LogP contribution in [0.2, 0.25) is 0 Å². The molecule has 0 aromatic heterocycles. The number of rotatable bonds is 4. The van der Waals surface area contributed by atoms with Crippen molar-refractivity contribution >= 4 is 5.69 Å². The minimum absolute atomic E-state index is 0.0702. The minimum Gasteiger partial charge on any atom is -0.487 e. The monoisotopic (exact) mass is 303 g/mol. The maximum absolute atomic E-state index is 13.7. The molecule has 2 rings (SSSR count). The van der Waals surface area contributed by atoms with E-state index in [1.165, 1.54) is 6.07 Å². The molecule has 116 valence electrons. The van der Waals surface area contributed by atoms with E-state index in [1.807, 2.05) is 0 Å². The van der Waals surface area contributed by atoms with E-state index in [1.54, 1.807) is 6.92 Å². The maximum Gasteiger partial charge on any atom is 0.272 e. The molecule has 1 fully saturated rings. The van der Waals surface area contributed by atoms with E-state index in [2.05, 4.69) is 0 Å². The molecule has 1 atom stereocenters. The smallest absolute Gasteiger partial charge is 0.272 e. The van der Waals surface area contributed by atoms with Gasteiger partial charge in [-0.05, 0) is 31.7 Å². The summed E-state index contributed by atoms with van der Waals surface area (Å²) in [6.07, 6.45) is -0.148. The fourth-order valence-electron chi connectivity index (χ4n) is 2.53. The zero-order valence-electron chi connectivity index (χ0n) is 11.5. The Labute approximate surface area is 120 Å². The van der Waals surface area contributed by atoms with Crippen LogP contribution in [-0.4, -0.2) is 16.9 Å². The molecule has 0 bridgehead atoms. The highest BCUT2D eigenvalue weighted by Gasteiger charge is 2.37. The van der Waals surface area contributed by atoms with Gasteiger partial charge in [-0.25, -0.2) is 13.2 Å². The molecule has 7 heteroatoms. The van der Waals surface area contributed by atoms with Crippen LogP contribution in [0.4, 0.5) is 18.9 Å². The molecular weight excluding hydrogens is 287 g/mol. The van der Waals surface area contributed by atoms with Gasteiger partial charge in [0.25, 0.3) is 5.69 Å². The highest BCUT2D eigenvalue weighted by molar-refractivity contribution is 5.37. The first-order valence-corrected chi connectivity index (χ1v) is 6.77. The molecule has 0 N–H and O–H groups in total. The van der Waals surface area contributed by atoms with Gasteiger partial charge in [0.1, 0.15) is 0 Å². The number of nitrogens with zero attached hydrogens (tertiary/aromatic N) is 1. The fraction of sp³-hybridized carbons (Fsp3) is 0.571. The maximum atomic E-state index is 13.7. The lowest BCUT2D eigenvalue weighted by Gasteiger charge is -2.32. The second-order valence-corrected chi connectivity index (χ2v) is 5.39. The van der Waals surface area contributed by atoms with Crippen molar-refractivity contribution in [3.63, 3.8) is 0 Å². The molecule has 1 saturated carbocycles. The Hall–Kier alpha value is -1.79. The van der Waals surface area contributed by atoms with E-state index >= 15 is 0 Å². The van der Waals surface area contributed by atoms with E-state index in [4.69, 9.17) is 4.74 Å². The molecule has 1 aromatic carbocycles. The molecule has 1 unspecified atom stereocenters. The van der Waals surface area contributed by atoms with Crippen LogP contribution in [0.25, 0.3) is 0 Å². The van der Waals surface area contributed by atoms with Crippen molar-refractivity contribution < 1.29 is 22.8 Å². The third-order valence-electron chi connectivity index (χ3n) is 3.86. The summed E-state index contributed by atoms with van der Waals surface area (Å²) in [7, 11) is 0. The fourth-order valence-corrected chi connectivity index (χ4v) is 2.53. The van der Waals surface area contributed by atoms with Gasteiger partial charge in [0.05, 0.1) is 17.1 Å². The minimum atomic E-state index is -2.62. The highest BCUT2D eigenvalue weighted by Crippen LogP contribution is 2.38. The van der Waals surface area contributed by atoms with E-state index < -0.39 is 22.8 Å². The van der Waals surface area contributed by atoms with Gasteiger partial charge >= 0.3 is 0 Å². The molecule has 4 nitrogen and oxygen atoms in total. The number of halogens is 3. The van der Waals surface area contributed by atoms with Gasteiger partial charge in [-0.2, -0.15) is 0 Å².